The Morgan fingerprint density at radius 3 is 2.70 bits per heavy atom. The summed E-state index contributed by atoms with van der Waals surface area (Å²) in [6.45, 7) is 7.87. The number of rotatable bonds is 4. The van der Waals surface area contributed by atoms with E-state index in [1.165, 1.54) is 6.42 Å². The molecular formula is C16H23NO2S. The van der Waals surface area contributed by atoms with Gasteiger partial charge in [-0.3, -0.25) is 9.59 Å². The Balaban J connectivity index is 1.87. The zero-order chi connectivity index (χ0) is 14.7. The van der Waals surface area contributed by atoms with Crippen molar-refractivity contribution in [2.75, 3.05) is 13.1 Å². The lowest BCUT2D eigenvalue weighted by Crippen LogP contribution is -2.39. The highest BCUT2D eigenvalue weighted by Crippen LogP contribution is 2.23. The van der Waals surface area contributed by atoms with Crippen LogP contribution in [0.25, 0.3) is 0 Å². The van der Waals surface area contributed by atoms with Crippen LogP contribution in [0.5, 0.6) is 0 Å². The summed E-state index contributed by atoms with van der Waals surface area (Å²) in [6.07, 6.45) is 2.97. The molecule has 0 bridgehead atoms. The molecule has 0 radical (unpaired) electrons. The monoisotopic (exact) mass is 293 g/mol. The molecule has 1 amide bonds. The highest BCUT2D eigenvalue weighted by atomic mass is 32.1. The van der Waals surface area contributed by atoms with E-state index in [1.54, 1.807) is 11.3 Å². The molecular weight excluding hydrogens is 270 g/mol. The zero-order valence-corrected chi connectivity index (χ0v) is 13.4. The van der Waals surface area contributed by atoms with Crippen molar-refractivity contribution in [3.8, 4) is 0 Å². The summed E-state index contributed by atoms with van der Waals surface area (Å²) in [6, 6.07) is 1.94. The molecule has 3 nitrogen and oxygen atoms in total. The van der Waals surface area contributed by atoms with Crippen molar-refractivity contribution in [1.82, 2.24) is 4.90 Å². The summed E-state index contributed by atoms with van der Waals surface area (Å²) in [7, 11) is 0. The Morgan fingerprint density at radius 1 is 1.35 bits per heavy atom. The molecule has 4 heteroatoms. The van der Waals surface area contributed by atoms with E-state index in [2.05, 4.69) is 6.92 Å². The topological polar surface area (TPSA) is 37.4 Å². The first-order chi connectivity index (χ1) is 9.47. The molecule has 1 atom stereocenters. The van der Waals surface area contributed by atoms with E-state index in [4.69, 9.17) is 0 Å². The van der Waals surface area contributed by atoms with Gasteiger partial charge in [-0.25, -0.2) is 0 Å². The van der Waals surface area contributed by atoms with Crippen molar-refractivity contribution in [2.45, 2.75) is 46.5 Å². The van der Waals surface area contributed by atoms with Gasteiger partial charge in [-0.05, 0) is 38.7 Å². The number of Topliss-reactive ketones (excluding diaryl/α,β-unsaturated/α-hetero) is 1. The normalized spacial score (nSPS) is 19.1. The fourth-order valence-corrected chi connectivity index (χ4v) is 3.78. The zero-order valence-electron chi connectivity index (χ0n) is 12.6. The van der Waals surface area contributed by atoms with Gasteiger partial charge in [0.25, 0.3) is 0 Å². The molecule has 110 valence electrons. The summed E-state index contributed by atoms with van der Waals surface area (Å²) in [5, 5.41) is 0. The third-order valence-corrected chi connectivity index (χ3v) is 4.88. The molecule has 1 unspecified atom stereocenters. The summed E-state index contributed by atoms with van der Waals surface area (Å²) in [5.41, 5.74) is 0.798. The van der Waals surface area contributed by atoms with Crippen LogP contribution < -0.4 is 0 Å². The lowest BCUT2D eigenvalue weighted by atomic mass is 9.99. The minimum Gasteiger partial charge on any atom is -0.342 e. The fraction of sp³-hybridized carbons (Fsp3) is 0.625. The summed E-state index contributed by atoms with van der Waals surface area (Å²) in [4.78, 5) is 28.5. The van der Waals surface area contributed by atoms with Crippen molar-refractivity contribution in [1.29, 1.82) is 0 Å². The van der Waals surface area contributed by atoms with Gasteiger partial charge in [0, 0.05) is 41.2 Å². The Bertz CT molecular complexity index is 507. The van der Waals surface area contributed by atoms with Crippen LogP contribution in [0.4, 0.5) is 0 Å². The Morgan fingerprint density at radius 2 is 2.10 bits per heavy atom. The predicted molar refractivity (Wildman–Crippen MR) is 82.3 cm³/mol. The third-order valence-electron chi connectivity index (χ3n) is 3.92. The first kappa shape index (κ1) is 15.2. The van der Waals surface area contributed by atoms with E-state index in [0.29, 0.717) is 18.8 Å². The van der Waals surface area contributed by atoms with Crippen molar-refractivity contribution >= 4 is 23.0 Å². The largest absolute Gasteiger partial charge is 0.342 e. The van der Waals surface area contributed by atoms with Crippen molar-refractivity contribution in [3.63, 3.8) is 0 Å². The number of likely N-dealkylation sites (tertiary alicyclic amines) is 1. The maximum atomic E-state index is 12.2. The van der Waals surface area contributed by atoms with Crippen molar-refractivity contribution in [2.24, 2.45) is 5.92 Å². The predicted octanol–water partition coefficient (Wildman–Crippen LogP) is 3.59. The van der Waals surface area contributed by atoms with E-state index in [1.807, 2.05) is 24.8 Å². The number of carbonyl (C=O) groups is 2. The molecule has 0 saturated carbocycles. The average molecular weight is 293 g/mol. The second-order valence-corrected chi connectivity index (χ2v) is 7.30. The van der Waals surface area contributed by atoms with Crippen LogP contribution in [-0.4, -0.2) is 29.7 Å². The molecule has 1 aliphatic rings. The lowest BCUT2D eigenvalue weighted by molar-refractivity contribution is -0.132. The SMILES string of the molecule is Cc1cc(C(=O)CCC(=O)N2CCCC(C)C2)c(C)s1. The smallest absolute Gasteiger partial charge is 0.223 e. The second-order valence-electron chi connectivity index (χ2n) is 5.84. The average Bonchev–Trinajstić information content (AvgIpc) is 2.74. The number of aryl methyl sites for hydroxylation is 2. The molecule has 2 rings (SSSR count). The quantitative estimate of drug-likeness (QED) is 0.796. The number of amides is 1. The minimum absolute atomic E-state index is 0.102. The van der Waals surface area contributed by atoms with Crippen molar-refractivity contribution < 1.29 is 9.59 Å². The van der Waals surface area contributed by atoms with Crippen LogP contribution in [0.15, 0.2) is 6.07 Å². The number of hydrogen-bond donors (Lipinski definition) is 0. The third kappa shape index (κ3) is 3.69. The number of thiophene rings is 1. The van der Waals surface area contributed by atoms with Gasteiger partial charge in [-0.15, -0.1) is 11.3 Å². The van der Waals surface area contributed by atoms with E-state index in [0.717, 1.165) is 34.8 Å². The van der Waals surface area contributed by atoms with Crippen LogP contribution in [0.1, 0.15) is 52.7 Å². The summed E-state index contributed by atoms with van der Waals surface area (Å²) in [5.74, 6) is 0.824. The summed E-state index contributed by atoms with van der Waals surface area (Å²) >= 11 is 1.64. The summed E-state index contributed by atoms with van der Waals surface area (Å²) < 4.78 is 0. The number of nitrogens with zero attached hydrogens (tertiary/aromatic N) is 1. The van der Waals surface area contributed by atoms with Crippen LogP contribution in [0.2, 0.25) is 0 Å². The Kier molecular flexibility index (Phi) is 4.97. The lowest BCUT2D eigenvalue weighted by Gasteiger charge is -2.31. The van der Waals surface area contributed by atoms with Gasteiger partial charge in [0.2, 0.25) is 5.91 Å². The highest BCUT2D eigenvalue weighted by Gasteiger charge is 2.22. The first-order valence-electron chi connectivity index (χ1n) is 7.35. The number of ketones is 1. The van der Waals surface area contributed by atoms with Gasteiger partial charge in [-0.2, -0.15) is 0 Å². The molecule has 0 aromatic carbocycles. The number of carbonyl (C=O) groups excluding carboxylic acids is 2. The molecule has 1 aliphatic heterocycles. The highest BCUT2D eigenvalue weighted by molar-refractivity contribution is 7.12. The van der Waals surface area contributed by atoms with Crippen molar-refractivity contribution in [3.05, 3.63) is 21.4 Å². The molecule has 20 heavy (non-hydrogen) atoms. The van der Waals surface area contributed by atoms with Crippen LogP contribution in [0, 0.1) is 19.8 Å². The second kappa shape index (κ2) is 6.53. The first-order valence-corrected chi connectivity index (χ1v) is 8.17. The van der Waals surface area contributed by atoms with Crippen LogP contribution in [0.3, 0.4) is 0 Å². The molecule has 0 spiro atoms. The number of hydrogen-bond acceptors (Lipinski definition) is 3. The Hall–Kier alpha value is -1.16. The minimum atomic E-state index is 0.102. The van der Waals surface area contributed by atoms with Crippen LogP contribution >= 0.6 is 11.3 Å². The molecule has 2 heterocycles. The van der Waals surface area contributed by atoms with E-state index in [-0.39, 0.29) is 11.7 Å². The maximum absolute atomic E-state index is 12.2. The molecule has 1 aromatic heterocycles. The van der Waals surface area contributed by atoms with Gasteiger partial charge in [0.1, 0.15) is 0 Å². The van der Waals surface area contributed by atoms with Gasteiger partial charge >= 0.3 is 0 Å². The Labute approximate surface area is 125 Å². The van der Waals surface area contributed by atoms with E-state index >= 15 is 0 Å². The van der Waals surface area contributed by atoms with Crippen LogP contribution in [-0.2, 0) is 4.79 Å². The van der Waals surface area contributed by atoms with Gasteiger partial charge < -0.3 is 4.90 Å². The van der Waals surface area contributed by atoms with E-state index < -0.39 is 0 Å². The molecule has 1 aromatic rings. The number of piperidine rings is 1. The molecule has 0 aliphatic carbocycles. The maximum Gasteiger partial charge on any atom is 0.223 e. The van der Waals surface area contributed by atoms with Gasteiger partial charge in [-0.1, -0.05) is 6.92 Å². The standard InChI is InChI=1S/C16H23NO2S/c1-11-5-4-8-17(10-11)16(19)7-6-15(18)14-9-12(2)20-13(14)3/h9,11H,4-8,10H2,1-3H3. The molecule has 1 fully saturated rings. The van der Waals surface area contributed by atoms with Gasteiger partial charge in [0.15, 0.2) is 5.78 Å². The molecule has 0 N–H and O–H groups in total. The van der Waals surface area contributed by atoms with Gasteiger partial charge in [0.05, 0.1) is 0 Å². The molecule has 1 saturated heterocycles. The van der Waals surface area contributed by atoms with E-state index in [9.17, 15) is 9.59 Å². The fourth-order valence-electron chi connectivity index (χ4n) is 2.84.